The van der Waals surface area contributed by atoms with E-state index in [0.717, 1.165) is 32.0 Å². The molecule has 162 valence electrons. The van der Waals surface area contributed by atoms with Gasteiger partial charge in [0.05, 0.1) is 0 Å². The fourth-order valence-electron chi connectivity index (χ4n) is 4.50. The van der Waals surface area contributed by atoms with Crippen LogP contribution in [0.3, 0.4) is 0 Å². The SMILES string of the molecule is CN=C(NCC1CCCN(CC(C)C)C1)NC1CCN(c2c(F)cccc2F)C1. The molecule has 0 aliphatic carbocycles. The van der Waals surface area contributed by atoms with Gasteiger partial charge in [-0.25, -0.2) is 8.78 Å². The van der Waals surface area contributed by atoms with E-state index >= 15 is 0 Å². The molecular formula is C22H35F2N5. The van der Waals surface area contributed by atoms with Crippen molar-refractivity contribution in [2.24, 2.45) is 16.8 Å². The van der Waals surface area contributed by atoms with Gasteiger partial charge in [0.15, 0.2) is 5.96 Å². The normalized spacial score (nSPS) is 23.7. The molecule has 0 bridgehead atoms. The van der Waals surface area contributed by atoms with Gasteiger partial charge < -0.3 is 20.4 Å². The molecule has 2 unspecified atom stereocenters. The lowest BCUT2D eigenvalue weighted by atomic mass is 9.97. The molecule has 2 N–H and O–H groups in total. The fourth-order valence-corrected chi connectivity index (χ4v) is 4.50. The number of aliphatic imine (C=N–C) groups is 1. The summed E-state index contributed by atoms with van der Waals surface area (Å²) in [6.45, 7) is 10.1. The van der Waals surface area contributed by atoms with Crippen molar-refractivity contribution in [3.8, 4) is 0 Å². The summed E-state index contributed by atoms with van der Waals surface area (Å²) in [6, 6.07) is 4.14. The van der Waals surface area contributed by atoms with Gasteiger partial charge in [0.25, 0.3) is 0 Å². The van der Waals surface area contributed by atoms with Crippen LogP contribution in [0.4, 0.5) is 14.5 Å². The lowest BCUT2D eigenvalue weighted by molar-refractivity contribution is 0.159. The van der Waals surface area contributed by atoms with Crippen molar-refractivity contribution in [3.05, 3.63) is 29.8 Å². The van der Waals surface area contributed by atoms with Crippen LogP contribution in [0.15, 0.2) is 23.2 Å². The number of guanidine groups is 1. The number of hydrogen-bond donors (Lipinski definition) is 2. The second kappa shape index (κ2) is 10.2. The first-order valence-corrected chi connectivity index (χ1v) is 10.8. The first-order valence-electron chi connectivity index (χ1n) is 10.8. The molecule has 2 saturated heterocycles. The van der Waals surface area contributed by atoms with Crippen LogP contribution in [0.1, 0.15) is 33.1 Å². The second-order valence-electron chi connectivity index (χ2n) is 8.76. The van der Waals surface area contributed by atoms with Crippen LogP contribution in [0, 0.1) is 23.5 Å². The minimum atomic E-state index is -0.503. The zero-order chi connectivity index (χ0) is 20.8. The summed E-state index contributed by atoms with van der Waals surface area (Å²) in [5.74, 6) is 1.08. The third-order valence-corrected chi connectivity index (χ3v) is 5.79. The van der Waals surface area contributed by atoms with Crippen molar-refractivity contribution >= 4 is 11.6 Å². The van der Waals surface area contributed by atoms with Crippen LogP contribution >= 0.6 is 0 Å². The molecule has 0 radical (unpaired) electrons. The highest BCUT2D eigenvalue weighted by atomic mass is 19.1. The lowest BCUT2D eigenvalue weighted by Gasteiger charge is -2.34. The van der Waals surface area contributed by atoms with Gasteiger partial charge in [-0.1, -0.05) is 19.9 Å². The number of nitrogens with zero attached hydrogens (tertiary/aromatic N) is 3. The minimum absolute atomic E-state index is 0.0761. The van der Waals surface area contributed by atoms with Crippen LogP contribution in [0.5, 0.6) is 0 Å². The van der Waals surface area contributed by atoms with E-state index < -0.39 is 11.6 Å². The molecular weight excluding hydrogens is 372 g/mol. The van der Waals surface area contributed by atoms with Crippen molar-refractivity contribution in [1.82, 2.24) is 15.5 Å². The Kier molecular flexibility index (Phi) is 7.70. The Labute approximate surface area is 173 Å². The highest BCUT2D eigenvalue weighted by Gasteiger charge is 2.27. The first kappa shape index (κ1) is 21.8. The van der Waals surface area contributed by atoms with E-state index in [0.29, 0.717) is 24.9 Å². The Morgan fingerprint density at radius 1 is 1.17 bits per heavy atom. The van der Waals surface area contributed by atoms with Gasteiger partial charge in [-0.3, -0.25) is 4.99 Å². The first-order chi connectivity index (χ1) is 14.0. The Bertz CT molecular complexity index is 674. The van der Waals surface area contributed by atoms with Gasteiger partial charge >= 0.3 is 0 Å². The van der Waals surface area contributed by atoms with E-state index in [1.165, 1.54) is 37.6 Å². The number of para-hydroxylation sites is 1. The third-order valence-electron chi connectivity index (χ3n) is 5.79. The summed E-state index contributed by atoms with van der Waals surface area (Å²) in [6.07, 6.45) is 3.30. The summed E-state index contributed by atoms with van der Waals surface area (Å²) >= 11 is 0. The van der Waals surface area contributed by atoms with Gasteiger partial charge in [0.2, 0.25) is 0 Å². The molecule has 7 heteroatoms. The highest BCUT2D eigenvalue weighted by Crippen LogP contribution is 2.26. The van der Waals surface area contributed by atoms with E-state index in [9.17, 15) is 8.78 Å². The van der Waals surface area contributed by atoms with E-state index in [4.69, 9.17) is 0 Å². The van der Waals surface area contributed by atoms with E-state index in [-0.39, 0.29) is 11.7 Å². The summed E-state index contributed by atoms with van der Waals surface area (Å²) in [7, 11) is 1.77. The van der Waals surface area contributed by atoms with Gasteiger partial charge in [0.1, 0.15) is 17.3 Å². The van der Waals surface area contributed by atoms with Gasteiger partial charge in [-0.15, -0.1) is 0 Å². The lowest BCUT2D eigenvalue weighted by Crippen LogP contribution is -2.48. The molecule has 0 spiro atoms. The number of halogens is 2. The predicted molar refractivity (Wildman–Crippen MR) is 115 cm³/mol. The number of hydrogen-bond acceptors (Lipinski definition) is 3. The summed E-state index contributed by atoms with van der Waals surface area (Å²) < 4.78 is 28.1. The molecule has 2 heterocycles. The average Bonchev–Trinajstić information content (AvgIpc) is 3.13. The standard InChI is InChI=1S/C22H35F2N5/c1-16(2)13-28-10-5-6-17(14-28)12-26-22(25-3)27-18-9-11-29(15-18)21-19(23)7-4-8-20(21)24/h4,7-8,16-18H,5-6,9-15H2,1-3H3,(H2,25,26,27). The zero-order valence-electron chi connectivity index (χ0n) is 17.9. The van der Waals surface area contributed by atoms with Crippen LogP contribution < -0.4 is 15.5 Å². The number of rotatable bonds is 6. The quantitative estimate of drug-likeness (QED) is 0.562. The van der Waals surface area contributed by atoms with Crippen molar-refractivity contribution in [2.75, 3.05) is 51.2 Å². The van der Waals surface area contributed by atoms with E-state index in [1.807, 2.05) is 0 Å². The van der Waals surface area contributed by atoms with Gasteiger partial charge in [-0.2, -0.15) is 0 Å². The number of piperidine rings is 1. The average molecular weight is 408 g/mol. The Morgan fingerprint density at radius 2 is 1.93 bits per heavy atom. The monoisotopic (exact) mass is 407 g/mol. The topological polar surface area (TPSA) is 42.9 Å². The van der Waals surface area contributed by atoms with Crippen molar-refractivity contribution in [2.45, 2.75) is 39.2 Å². The Balaban J connectivity index is 1.47. The molecule has 2 aliphatic rings. The molecule has 0 aromatic heterocycles. The van der Waals surface area contributed by atoms with Crippen LogP contribution in [0.2, 0.25) is 0 Å². The van der Waals surface area contributed by atoms with E-state index in [2.05, 4.69) is 34.4 Å². The highest BCUT2D eigenvalue weighted by molar-refractivity contribution is 5.80. The maximum Gasteiger partial charge on any atom is 0.191 e. The summed E-state index contributed by atoms with van der Waals surface area (Å²) in [5.41, 5.74) is 0.0761. The molecule has 2 atom stereocenters. The summed E-state index contributed by atoms with van der Waals surface area (Å²) in [5, 5.41) is 6.89. The molecule has 0 saturated carbocycles. The van der Waals surface area contributed by atoms with Crippen LogP contribution in [-0.4, -0.2) is 63.2 Å². The Hall–Kier alpha value is -1.89. The molecule has 2 aliphatic heterocycles. The maximum absolute atomic E-state index is 14.1. The number of likely N-dealkylation sites (tertiary alicyclic amines) is 1. The molecule has 5 nitrogen and oxygen atoms in total. The van der Waals surface area contributed by atoms with Crippen LogP contribution in [-0.2, 0) is 0 Å². The van der Waals surface area contributed by atoms with Gasteiger partial charge in [-0.05, 0) is 49.8 Å². The van der Waals surface area contributed by atoms with E-state index in [1.54, 1.807) is 11.9 Å². The van der Waals surface area contributed by atoms with Gasteiger partial charge in [0, 0.05) is 45.8 Å². The second-order valence-corrected chi connectivity index (χ2v) is 8.76. The summed E-state index contributed by atoms with van der Waals surface area (Å²) in [4.78, 5) is 8.69. The smallest absolute Gasteiger partial charge is 0.191 e. The maximum atomic E-state index is 14.1. The molecule has 29 heavy (non-hydrogen) atoms. The number of anilines is 1. The number of nitrogens with one attached hydrogen (secondary N) is 2. The molecule has 3 rings (SSSR count). The fraction of sp³-hybridized carbons (Fsp3) is 0.682. The molecule has 1 aromatic carbocycles. The zero-order valence-corrected chi connectivity index (χ0v) is 17.9. The molecule has 2 fully saturated rings. The van der Waals surface area contributed by atoms with Crippen molar-refractivity contribution in [3.63, 3.8) is 0 Å². The van der Waals surface area contributed by atoms with Crippen LogP contribution in [0.25, 0.3) is 0 Å². The largest absolute Gasteiger partial charge is 0.365 e. The predicted octanol–water partition coefficient (Wildman–Crippen LogP) is 3.08. The van der Waals surface area contributed by atoms with Crippen molar-refractivity contribution in [1.29, 1.82) is 0 Å². The minimum Gasteiger partial charge on any atom is -0.365 e. The Morgan fingerprint density at radius 3 is 2.62 bits per heavy atom. The van der Waals surface area contributed by atoms with Crippen molar-refractivity contribution < 1.29 is 8.78 Å². The number of benzene rings is 1. The molecule has 1 aromatic rings. The third kappa shape index (κ3) is 6.04. The molecule has 0 amide bonds.